The molecule has 3 nitrogen and oxygen atoms in total. The molecule has 0 bridgehead atoms. The smallest absolute Gasteiger partial charge is 0.216 e. The highest BCUT2D eigenvalue weighted by atomic mass is 35.5. The maximum absolute atomic E-state index is 11.6. The van der Waals surface area contributed by atoms with Gasteiger partial charge in [-0.15, -0.1) is 0 Å². The van der Waals surface area contributed by atoms with Crippen molar-refractivity contribution in [3.8, 4) is 0 Å². The van der Waals surface area contributed by atoms with Gasteiger partial charge in [0.05, 0.1) is 4.90 Å². The molecule has 1 aromatic carbocycles. The highest BCUT2D eigenvalue weighted by molar-refractivity contribution is 8.11. The predicted molar refractivity (Wildman–Crippen MR) is 60.4 cm³/mol. The van der Waals surface area contributed by atoms with E-state index in [0.717, 1.165) is 11.9 Å². The molecular weight excluding hydrogens is 242 g/mol. The number of hydrogen-bond acceptors (Lipinski definition) is 4. The minimum Gasteiger partial charge on any atom is -0.216 e. The average Bonchev–Trinajstić information content (AvgIpc) is 2.19. The van der Waals surface area contributed by atoms with E-state index >= 15 is 0 Å². The fourth-order valence-electron chi connectivity index (χ4n) is 0.818. The molecule has 0 amide bonds. The summed E-state index contributed by atoms with van der Waals surface area (Å²) < 4.78 is 26.5. The van der Waals surface area contributed by atoms with Crippen molar-refractivity contribution in [1.82, 2.24) is 0 Å². The van der Waals surface area contributed by atoms with Crippen LogP contribution < -0.4 is 0 Å². The molecule has 0 N–H and O–H groups in total. The lowest BCUT2D eigenvalue weighted by Gasteiger charge is -2.00. The first-order valence-electron chi connectivity index (χ1n) is 3.66. The van der Waals surface area contributed by atoms with Gasteiger partial charge >= 0.3 is 0 Å². The van der Waals surface area contributed by atoms with E-state index < -0.39 is 14.3 Å². The van der Waals surface area contributed by atoms with E-state index in [1.165, 1.54) is 12.1 Å². The molecule has 0 heterocycles. The van der Waals surface area contributed by atoms with Crippen LogP contribution in [0.25, 0.3) is 0 Å². The molecular formula is C8H8ClNO2S2. The maximum Gasteiger partial charge on any atom is 0.235 e. The Labute approximate surface area is 92.2 Å². The normalized spacial score (nSPS) is 12.9. The fraction of sp³-hybridized carbons (Fsp3) is 0.125. The van der Waals surface area contributed by atoms with Crippen LogP contribution in [0.5, 0.6) is 0 Å². The predicted octanol–water partition coefficient (Wildman–Crippen LogP) is 2.33. The van der Waals surface area contributed by atoms with Crippen molar-refractivity contribution in [1.29, 1.82) is 0 Å². The summed E-state index contributed by atoms with van der Waals surface area (Å²) in [4.78, 5) is 0.155. The van der Waals surface area contributed by atoms with Gasteiger partial charge in [-0.2, -0.15) is 4.40 Å². The number of sulfone groups is 1. The monoisotopic (exact) mass is 249 g/mol. The van der Waals surface area contributed by atoms with Crippen LogP contribution in [-0.4, -0.2) is 19.2 Å². The molecule has 0 atom stereocenters. The summed E-state index contributed by atoms with van der Waals surface area (Å²) in [6.45, 7) is 0. The summed E-state index contributed by atoms with van der Waals surface area (Å²) in [5.41, 5.74) is 0. The van der Waals surface area contributed by atoms with Crippen LogP contribution in [0.4, 0.5) is 0 Å². The van der Waals surface area contributed by atoms with Gasteiger partial charge in [-0.1, -0.05) is 18.2 Å². The largest absolute Gasteiger partial charge is 0.235 e. The fourth-order valence-corrected chi connectivity index (χ4v) is 2.76. The molecule has 0 saturated heterocycles. The molecule has 0 radical (unpaired) electrons. The first-order chi connectivity index (χ1) is 6.59. The van der Waals surface area contributed by atoms with E-state index in [2.05, 4.69) is 4.40 Å². The minimum atomic E-state index is -3.61. The van der Waals surface area contributed by atoms with Crippen molar-refractivity contribution in [2.45, 2.75) is 4.90 Å². The maximum atomic E-state index is 11.6. The van der Waals surface area contributed by atoms with E-state index in [4.69, 9.17) is 11.6 Å². The molecule has 0 spiro atoms. The molecule has 0 fully saturated rings. The van der Waals surface area contributed by atoms with E-state index in [0.29, 0.717) is 0 Å². The van der Waals surface area contributed by atoms with Gasteiger partial charge in [-0.25, -0.2) is 8.42 Å². The molecule has 76 valence electrons. The quantitative estimate of drug-likeness (QED) is 0.459. The summed E-state index contributed by atoms with van der Waals surface area (Å²) in [7, 11) is -3.61. The van der Waals surface area contributed by atoms with Gasteiger partial charge in [0, 0.05) is 6.26 Å². The van der Waals surface area contributed by atoms with Crippen LogP contribution in [0, 0.1) is 0 Å². The van der Waals surface area contributed by atoms with E-state index in [1.54, 1.807) is 24.5 Å². The first-order valence-corrected chi connectivity index (χ1v) is 6.70. The van der Waals surface area contributed by atoms with Crippen molar-refractivity contribution in [2.24, 2.45) is 4.40 Å². The highest BCUT2D eigenvalue weighted by Crippen LogP contribution is 2.15. The molecule has 6 heteroatoms. The Balaban J connectivity index is 3.17. The molecule has 0 aliphatic rings. The third-order valence-electron chi connectivity index (χ3n) is 1.44. The number of benzene rings is 1. The summed E-state index contributed by atoms with van der Waals surface area (Å²) in [6.07, 6.45) is 1.64. The molecule has 0 aliphatic heterocycles. The van der Waals surface area contributed by atoms with Gasteiger partial charge in [-0.05, 0) is 35.7 Å². The lowest BCUT2D eigenvalue weighted by molar-refractivity contribution is 0.608. The van der Waals surface area contributed by atoms with Crippen LogP contribution in [0.2, 0.25) is 0 Å². The third kappa shape index (κ3) is 2.50. The van der Waals surface area contributed by atoms with Gasteiger partial charge in [-0.3, -0.25) is 0 Å². The molecule has 1 aromatic rings. The standard InChI is InChI=1S/C8H8ClNO2S2/c1-13-10-8(9)14(11,12)7-5-3-2-4-6-7/h2-6H,1H3/b10-8+. The lowest BCUT2D eigenvalue weighted by Crippen LogP contribution is -2.08. The second kappa shape index (κ2) is 4.82. The highest BCUT2D eigenvalue weighted by Gasteiger charge is 2.19. The van der Waals surface area contributed by atoms with Crippen molar-refractivity contribution in [3.05, 3.63) is 30.3 Å². The molecule has 14 heavy (non-hydrogen) atoms. The zero-order valence-electron chi connectivity index (χ0n) is 7.34. The van der Waals surface area contributed by atoms with E-state index in [9.17, 15) is 8.42 Å². The van der Waals surface area contributed by atoms with E-state index in [1.807, 2.05) is 0 Å². The summed E-state index contributed by atoms with van der Waals surface area (Å²) in [5.74, 6) is 0. The summed E-state index contributed by atoms with van der Waals surface area (Å²) >= 11 is 6.56. The molecule has 0 aromatic heterocycles. The number of halogens is 1. The van der Waals surface area contributed by atoms with E-state index in [-0.39, 0.29) is 4.90 Å². The Morgan fingerprint density at radius 1 is 1.36 bits per heavy atom. The van der Waals surface area contributed by atoms with Crippen molar-refractivity contribution >= 4 is 37.9 Å². The van der Waals surface area contributed by atoms with Crippen LogP contribution in [0.1, 0.15) is 0 Å². The van der Waals surface area contributed by atoms with Gasteiger partial charge in [0.25, 0.3) is 0 Å². The van der Waals surface area contributed by atoms with Crippen LogP contribution in [-0.2, 0) is 9.84 Å². The topological polar surface area (TPSA) is 46.5 Å². The van der Waals surface area contributed by atoms with Gasteiger partial charge < -0.3 is 0 Å². The van der Waals surface area contributed by atoms with Crippen molar-refractivity contribution in [3.63, 3.8) is 0 Å². The Hall–Kier alpha value is -0.520. The summed E-state index contributed by atoms with van der Waals surface area (Å²) in [6, 6.07) is 7.96. The Morgan fingerprint density at radius 3 is 2.43 bits per heavy atom. The molecule has 0 aliphatic carbocycles. The number of hydrogen-bond donors (Lipinski definition) is 0. The molecule has 0 saturated carbocycles. The second-order valence-electron chi connectivity index (χ2n) is 2.34. The summed E-state index contributed by atoms with van der Waals surface area (Å²) in [5, 5.41) is 0. The second-order valence-corrected chi connectivity index (χ2v) is 5.34. The van der Waals surface area contributed by atoms with Crippen LogP contribution >= 0.6 is 23.5 Å². The Kier molecular flexibility index (Phi) is 3.97. The Bertz CT molecular complexity index is 428. The molecule has 0 unspecified atom stereocenters. The van der Waals surface area contributed by atoms with Gasteiger partial charge in [0.2, 0.25) is 14.3 Å². The van der Waals surface area contributed by atoms with Crippen molar-refractivity contribution in [2.75, 3.05) is 6.26 Å². The average molecular weight is 250 g/mol. The number of nitrogens with zero attached hydrogens (tertiary/aromatic N) is 1. The van der Waals surface area contributed by atoms with Crippen molar-refractivity contribution < 1.29 is 8.42 Å². The third-order valence-corrected chi connectivity index (χ3v) is 4.14. The lowest BCUT2D eigenvalue weighted by atomic mass is 10.4. The van der Waals surface area contributed by atoms with Crippen LogP contribution in [0.15, 0.2) is 39.6 Å². The molecule has 1 rings (SSSR count). The Morgan fingerprint density at radius 2 is 1.93 bits per heavy atom. The first kappa shape index (κ1) is 11.6. The zero-order valence-corrected chi connectivity index (χ0v) is 9.73. The zero-order chi connectivity index (χ0) is 10.6. The van der Waals surface area contributed by atoms with Gasteiger partial charge in [0.15, 0.2) is 0 Å². The van der Waals surface area contributed by atoms with Crippen LogP contribution in [0.3, 0.4) is 0 Å². The van der Waals surface area contributed by atoms with Gasteiger partial charge in [0.1, 0.15) is 0 Å². The minimum absolute atomic E-state index is 0.155. The number of rotatable bonds is 2. The SMILES string of the molecule is CS/N=C(\Cl)S(=O)(=O)c1ccccc1.